The molecule has 2 heterocycles. The third-order valence-corrected chi connectivity index (χ3v) is 11.3. The Morgan fingerprint density at radius 2 is 1.67 bits per heavy atom. The zero-order valence-electron chi connectivity index (χ0n) is 26.3. The van der Waals surface area contributed by atoms with Crippen molar-refractivity contribution in [3.63, 3.8) is 0 Å². The summed E-state index contributed by atoms with van der Waals surface area (Å²) < 4.78 is 71.2. The van der Waals surface area contributed by atoms with Gasteiger partial charge >= 0.3 is 12.2 Å². The molecule has 3 aromatic rings. The van der Waals surface area contributed by atoms with Crippen LogP contribution in [0.2, 0.25) is 5.02 Å². The van der Waals surface area contributed by atoms with Gasteiger partial charge in [-0.25, -0.2) is 13.1 Å². The van der Waals surface area contributed by atoms with Crippen LogP contribution in [0, 0.1) is 5.92 Å². The molecule has 49 heavy (non-hydrogen) atoms. The Kier molecular flexibility index (Phi) is 9.13. The van der Waals surface area contributed by atoms with Gasteiger partial charge in [-0.2, -0.15) is 28.1 Å². The number of halogens is 4. The minimum atomic E-state index is -4.63. The van der Waals surface area contributed by atoms with Crippen molar-refractivity contribution in [2.45, 2.75) is 61.5 Å². The fraction of sp³-hybridized carbons (Fsp3) is 0.452. The minimum absolute atomic E-state index is 0.0251. The van der Waals surface area contributed by atoms with Gasteiger partial charge in [0.15, 0.2) is 6.61 Å². The lowest BCUT2D eigenvalue weighted by atomic mass is 10.1. The van der Waals surface area contributed by atoms with Crippen molar-refractivity contribution in [3.05, 3.63) is 64.7 Å². The third-order valence-electron chi connectivity index (χ3n) is 8.92. The van der Waals surface area contributed by atoms with Gasteiger partial charge in [-0.15, -0.1) is 0 Å². The number of nitrogens with one attached hydrogen (secondary N) is 3. The van der Waals surface area contributed by atoms with Gasteiger partial charge in [0.25, 0.3) is 5.91 Å². The number of nitrogens with zero attached hydrogens (tertiary/aromatic N) is 4. The number of hydrogen-bond acceptors (Lipinski definition) is 11. The molecule has 262 valence electrons. The maximum Gasteiger partial charge on any atom is 0.422 e. The normalized spacial score (nSPS) is 21.1. The number of aromatic nitrogens is 3. The van der Waals surface area contributed by atoms with E-state index in [4.69, 9.17) is 22.1 Å². The molecule has 2 saturated carbocycles. The van der Waals surface area contributed by atoms with Crippen molar-refractivity contribution in [2.75, 3.05) is 30.3 Å². The van der Waals surface area contributed by atoms with Crippen molar-refractivity contribution in [1.82, 2.24) is 24.6 Å². The first-order valence-corrected chi connectivity index (χ1v) is 17.4. The number of nitrogens with two attached hydrogens (primary N) is 1. The lowest BCUT2D eigenvalue weighted by Crippen LogP contribution is -2.50. The number of carbonyl (C=O) groups is 2. The summed E-state index contributed by atoms with van der Waals surface area (Å²) in [7, 11) is -4.11. The fourth-order valence-corrected chi connectivity index (χ4v) is 7.70. The number of hydrogen-bond donors (Lipinski definition) is 4. The van der Waals surface area contributed by atoms with Crippen molar-refractivity contribution < 1.29 is 35.9 Å². The molecule has 6 rings (SSSR count). The highest BCUT2D eigenvalue weighted by Crippen LogP contribution is 2.48. The largest absolute Gasteiger partial charge is 0.454 e. The predicted octanol–water partition coefficient (Wildman–Crippen LogP) is 4.10. The number of benzene rings is 2. The molecule has 1 saturated heterocycles. The van der Waals surface area contributed by atoms with Crippen LogP contribution in [-0.2, 0) is 20.4 Å². The van der Waals surface area contributed by atoms with Crippen LogP contribution in [0.3, 0.4) is 0 Å². The molecule has 0 radical (unpaired) electrons. The molecule has 3 aliphatic rings. The first kappa shape index (κ1) is 34.6. The van der Waals surface area contributed by atoms with Crippen LogP contribution in [0.4, 0.5) is 30.8 Å². The molecule has 1 unspecified atom stereocenters. The van der Waals surface area contributed by atoms with E-state index >= 15 is 0 Å². The van der Waals surface area contributed by atoms with Gasteiger partial charge < -0.3 is 21.1 Å². The van der Waals surface area contributed by atoms with Crippen LogP contribution in [0.25, 0.3) is 0 Å². The second kappa shape index (κ2) is 12.9. The lowest BCUT2D eigenvalue weighted by Gasteiger charge is -2.27. The Morgan fingerprint density at radius 3 is 2.27 bits per heavy atom. The number of sulfonamides is 1. The summed E-state index contributed by atoms with van der Waals surface area (Å²) in [5.41, 5.74) is 6.28. The van der Waals surface area contributed by atoms with Crippen LogP contribution in [-0.4, -0.2) is 76.7 Å². The highest BCUT2D eigenvalue weighted by molar-refractivity contribution is 7.91. The van der Waals surface area contributed by atoms with Crippen LogP contribution in [0.15, 0.2) is 48.5 Å². The molecular formula is C31H34ClF3N8O5S. The summed E-state index contributed by atoms with van der Waals surface area (Å²) in [5, 5.41) is 6.60. The summed E-state index contributed by atoms with van der Waals surface area (Å²) >= 11 is 6.02. The average Bonchev–Trinajstić information content (AvgIpc) is 3.95. The summed E-state index contributed by atoms with van der Waals surface area (Å²) in [6.07, 6.45) is -1.97. The average molecular weight is 723 g/mol. The van der Waals surface area contributed by atoms with Gasteiger partial charge in [-0.1, -0.05) is 30.7 Å². The van der Waals surface area contributed by atoms with Crippen molar-refractivity contribution in [1.29, 1.82) is 0 Å². The topological polar surface area (TPSA) is 182 Å². The maximum absolute atomic E-state index is 13.3. The van der Waals surface area contributed by atoms with E-state index in [-0.39, 0.29) is 29.9 Å². The first-order valence-electron chi connectivity index (χ1n) is 15.5. The maximum atomic E-state index is 13.3. The number of likely N-dealkylation sites (tertiary alicyclic amines) is 1. The van der Waals surface area contributed by atoms with Gasteiger partial charge in [0, 0.05) is 29.4 Å². The number of amides is 2. The van der Waals surface area contributed by atoms with E-state index in [1.54, 1.807) is 17.0 Å². The molecule has 2 atom stereocenters. The number of ether oxygens (including phenoxy) is 1. The number of alkyl halides is 3. The van der Waals surface area contributed by atoms with Crippen molar-refractivity contribution >= 4 is 51.0 Å². The van der Waals surface area contributed by atoms with Gasteiger partial charge in [0.05, 0.1) is 11.6 Å². The zero-order valence-corrected chi connectivity index (χ0v) is 27.8. The lowest BCUT2D eigenvalue weighted by molar-refractivity contribution is -0.154. The molecular weight excluding hydrogens is 689 g/mol. The molecule has 18 heteroatoms. The molecule has 0 bridgehead atoms. The van der Waals surface area contributed by atoms with E-state index in [0.29, 0.717) is 49.4 Å². The summed E-state index contributed by atoms with van der Waals surface area (Å²) in [6.45, 7) is 0.975. The number of carbonyl (C=O) groups excluding carboxylic acids is 2. The third kappa shape index (κ3) is 7.99. The van der Waals surface area contributed by atoms with Gasteiger partial charge in [-0.3, -0.25) is 14.5 Å². The van der Waals surface area contributed by atoms with E-state index in [9.17, 15) is 31.2 Å². The molecule has 3 fully saturated rings. The summed E-state index contributed by atoms with van der Waals surface area (Å²) in [6, 6.07) is 11.7. The molecule has 2 aliphatic carbocycles. The number of rotatable bonds is 13. The number of primary amides is 1. The van der Waals surface area contributed by atoms with Crippen molar-refractivity contribution in [3.8, 4) is 6.01 Å². The SMILES string of the molecule is C[C@H]1CC(C(N)=O)N(CC2(S(=O)(=O)NC(=O)c3ccc(Nc4nc(NC5(c6ccc(Cl)cc6)CC5)nc(OCC(F)(F)F)n4)cc3)CC2)C1. The van der Waals surface area contributed by atoms with E-state index in [1.807, 2.05) is 19.1 Å². The molecule has 5 N–H and O–H groups in total. The predicted molar refractivity (Wildman–Crippen MR) is 174 cm³/mol. The van der Waals surface area contributed by atoms with E-state index in [0.717, 1.165) is 5.56 Å². The quantitative estimate of drug-likeness (QED) is 0.199. The fourth-order valence-electron chi connectivity index (χ4n) is 6.02. The molecule has 13 nitrogen and oxygen atoms in total. The molecule has 2 amide bonds. The number of anilines is 3. The molecule has 1 aromatic heterocycles. The van der Waals surface area contributed by atoms with Gasteiger partial charge in [-0.05, 0) is 80.0 Å². The van der Waals surface area contributed by atoms with Crippen LogP contribution in [0.5, 0.6) is 6.01 Å². The van der Waals surface area contributed by atoms with Crippen molar-refractivity contribution in [2.24, 2.45) is 11.7 Å². The standard InChI is InChI=1S/C31H34ClF3N8O5S/c1-18-14-23(24(36)44)43(15-18)16-29(10-11-29)49(46,47)42-25(45)19-2-8-22(9-3-19)37-26-38-27(40-28(39-26)48-17-31(33,34)35)41-30(12-13-30)20-4-6-21(32)7-5-20/h2-9,18,23H,10-17H2,1H3,(H2,36,44)(H,42,45)(H2,37,38,39,40,41)/t18-,23?/m0/s1. The Labute approximate surface area is 285 Å². The van der Waals surface area contributed by atoms with E-state index in [1.165, 1.54) is 24.3 Å². The highest BCUT2D eigenvalue weighted by Gasteiger charge is 2.57. The smallest absolute Gasteiger partial charge is 0.422 e. The van der Waals surface area contributed by atoms with E-state index < -0.39 is 57.0 Å². The zero-order chi connectivity index (χ0) is 35.2. The second-order valence-corrected chi connectivity index (χ2v) is 15.4. The summed E-state index contributed by atoms with van der Waals surface area (Å²) in [5.74, 6) is -1.33. The van der Waals surface area contributed by atoms with Crippen LogP contribution in [0.1, 0.15) is 54.9 Å². The highest BCUT2D eigenvalue weighted by atomic mass is 35.5. The monoisotopic (exact) mass is 722 g/mol. The summed E-state index contributed by atoms with van der Waals surface area (Å²) in [4.78, 5) is 39.1. The Bertz CT molecular complexity index is 1840. The van der Waals surface area contributed by atoms with E-state index in [2.05, 4.69) is 30.3 Å². The molecule has 1 aliphatic heterocycles. The molecule has 0 spiro atoms. The first-order chi connectivity index (χ1) is 23.1. The van der Waals surface area contributed by atoms with Gasteiger partial charge in [0.1, 0.15) is 4.75 Å². The molecule has 2 aromatic carbocycles. The van der Waals surface area contributed by atoms with Gasteiger partial charge in [0.2, 0.25) is 27.8 Å². The second-order valence-electron chi connectivity index (χ2n) is 12.9. The minimum Gasteiger partial charge on any atom is -0.454 e. The Balaban J connectivity index is 1.14. The Hall–Kier alpha value is -4.22. The Morgan fingerprint density at radius 1 is 1.02 bits per heavy atom. The van der Waals surface area contributed by atoms with Crippen LogP contribution < -0.4 is 25.8 Å². The van der Waals surface area contributed by atoms with Crippen LogP contribution >= 0.6 is 11.6 Å².